The number of hydrogen-bond donors (Lipinski definition) is 3. The van der Waals surface area contributed by atoms with E-state index in [4.69, 9.17) is 15.9 Å². The minimum atomic E-state index is -1.36. The Morgan fingerprint density at radius 1 is 1.43 bits per heavy atom. The van der Waals surface area contributed by atoms with Crippen molar-refractivity contribution in [3.05, 3.63) is 0 Å². The molecular weight excluding hydrogens is 210 g/mol. The van der Waals surface area contributed by atoms with Crippen LogP contribution in [-0.2, 0) is 20.8 Å². The molecule has 0 saturated carbocycles. The molecule has 7 heteroatoms. The number of carboxylic acid groups (broad SMARTS) is 2. The average molecular weight is 223 g/mol. The lowest BCUT2D eigenvalue weighted by atomic mass is 10.3. The van der Waals surface area contributed by atoms with Gasteiger partial charge in [-0.15, -0.1) is 0 Å². The summed E-state index contributed by atoms with van der Waals surface area (Å²) in [7, 11) is 0. The Morgan fingerprint density at radius 2 is 2.00 bits per heavy atom. The normalized spacial score (nSPS) is 14.7. The Morgan fingerprint density at radius 3 is 2.43 bits per heavy atom. The summed E-state index contributed by atoms with van der Waals surface area (Å²) >= 11 is -1.36. The zero-order chi connectivity index (χ0) is 11.1. The summed E-state index contributed by atoms with van der Waals surface area (Å²) in [5, 5.41) is 16.7. The molecule has 0 amide bonds. The van der Waals surface area contributed by atoms with Crippen molar-refractivity contribution in [2.45, 2.75) is 18.9 Å². The van der Waals surface area contributed by atoms with Crippen LogP contribution >= 0.6 is 0 Å². The van der Waals surface area contributed by atoms with Gasteiger partial charge in [0.1, 0.15) is 17.5 Å². The van der Waals surface area contributed by atoms with E-state index in [0.717, 1.165) is 0 Å². The predicted molar refractivity (Wildman–Crippen MR) is 50.4 cm³/mol. The zero-order valence-corrected chi connectivity index (χ0v) is 8.33. The lowest BCUT2D eigenvalue weighted by Crippen LogP contribution is -2.38. The van der Waals surface area contributed by atoms with Crippen LogP contribution in [0.4, 0.5) is 0 Å². The lowest BCUT2D eigenvalue weighted by molar-refractivity contribution is -0.138. The highest BCUT2D eigenvalue weighted by Gasteiger charge is 2.19. The van der Waals surface area contributed by atoms with Gasteiger partial charge < -0.3 is 20.5 Å². The third-order valence-corrected chi connectivity index (χ3v) is 2.92. The molecule has 0 radical (unpaired) electrons. The molecule has 0 spiro atoms. The van der Waals surface area contributed by atoms with Crippen molar-refractivity contribution in [2.75, 3.05) is 11.5 Å². The standard InChI is InChI=1S/C7H13NO5S/c8-5(7(11)12)4-14(13)3-1-2-6(9)10/h5H,1-4,8H2,(H,9,10)(H,11,12). The molecule has 0 aromatic rings. The highest BCUT2D eigenvalue weighted by atomic mass is 32.2. The summed E-state index contributed by atoms with van der Waals surface area (Å²) in [5.74, 6) is -2.11. The lowest BCUT2D eigenvalue weighted by Gasteiger charge is -2.12. The topological polar surface area (TPSA) is 124 Å². The van der Waals surface area contributed by atoms with Gasteiger partial charge in [0.25, 0.3) is 0 Å². The summed E-state index contributed by atoms with van der Waals surface area (Å²) in [5.41, 5.74) is 5.14. The number of aliphatic carboxylic acids is 2. The van der Waals surface area contributed by atoms with Crippen molar-refractivity contribution < 1.29 is 24.4 Å². The van der Waals surface area contributed by atoms with Crippen LogP contribution in [0.15, 0.2) is 0 Å². The van der Waals surface area contributed by atoms with E-state index < -0.39 is 29.2 Å². The van der Waals surface area contributed by atoms with Crippen LogP contribution < -0.4 is 5.73 Å². The summed E-state index contributed by atoms with van der Waals surface area (Å²) < 4.78 is 11.1. The van der Waals surface area contributed by atoms with Crippen LogP contribution in [0.3, 0.4) is 0 Å². The molecule has 0 aliphatic carbocycles. The second-order valence-electron chi connectivity index (χ2n) is 2.75. The van der Waals surface area contributed by atoms with Crippen LogP contribution in [0, 0.1) is 0 Å². The van der Waals surface area contributed by atoms with Gasteiger partial charge in [-0.25, -0.2) is 0 Å². The van der Waals surface area contributed by atoms with Crippen molar-refractivity contribution in [2.24, 2.45) is 5.73 Å². The summed E-state index contributed by atoms with van der Waals surface area (Å²) in [6, 6.07) is -1.14. The molecule has 0 heterocycles. The molecule has 4 N–H and O–H groups in total. The van der Waals surface area contributed by atoms with E-state index >= 15 is 0 Å². The smallest absolute Gasteiger partial charge is 0.325 e. The highest BCUT2D eigenvalue weighted by molar-refractivity contribution is 7.91. The first kappa shape index (κ1) is 13.2. The maximum absolute atomic E-state index is 11.1. The molecule has 0 aromatic carbocycles. The fourth-order valence-electron chi connectivity index (χ4n) is 0.739. The number of carbonyl (C=O) groups is 2. The van der Waals surface area contributed by atoms with Gasteiger partial charge in [0.2, 0.25) is 0 Å². The first-order valence-electron chi connectivity index (χ1n) is 3.98. The molecular formula is C7H13NO5S. The van der Waals surface area contributed by atoms with Gasteiger partial charge in [0.15, 0.2) is 0 Å². The molecule has 0 saturated heterocycles. The van der Waals surface area contributed by atoms with Gasteiger partial charge in [-0.3, -0.25) is 9.59 Å². The number of rotatable bonds is 7. The second kappa shape index (κ2) is 6.63. The molecule has 82 valence electrons. The van der Waals surface area contributed by atoms with E-state index in [-0.39, 0.29) is 24.3 Å². The van der Waals surface area contributed by atoms with E-state index in [1.165, 1.54) is 0 Å². The van der Waals surface area contributed by atoms with Crippen LogP contribution in [0.25, 0.3) is 0 Å². The van der Waals surface area contributed by atoms with Gasteiger partial charge >= 0.3 is 11.9 Å². The zero-order valence-electron chi connectivity index (χ0n) is 7.51. The minimum absolute atomic E-state index is 0.0615. The molecule has 2 atom stereocenters. The Bertz CT molecular complexity index is 210. The minimum Gasteiger partial charge on any atom is -0.616 e. The maximum atomic E-state index is 11.1. The number of carboxylic acids is 2. The van der Waals surface area contributed by atoms with Crippen molar-refractivity contribution in [1.29, 1.82) is 0 Å². The predicted octanol–water partition coefficient (Wildman–Crippen LogP) is -0.988. The van der Waals surface area contributed by atoms with Crippen molar-refractivity contribution in [3.63, 3.8) is 0 Å². The fraction of sp³-hybridized carbons (Fsp3) is 0.714. The van der Waals surface area contributed by atoms with Crippen LogP contribution in [-0.4, -0.2) is 44.3 Å². The highest BCUT2D eigenvalue weighted by Crippen LogP contribution is 1.99. The Hall–Kier alpha value is -0.790. The molecule has 2 unspecified atom stereocenters. The quantitative estimate of drug-likeness (QED) is 0.476. The van der Waals surface area contributed by atoms with E-state index in [0.29, 0.717) is 0 Å². The van der Waals surface area contributed by atoms with Crippen molar-refractivity contribution >= 4 is 23.1 Å². The number of hydrogen-bond acceptors (Lipinski definition) is 4. The molecule has 0 bridgehead atoms. The molecule has 0 aliphatic heterocycles. The van der Waals surface area contributed by atoms with Gasteiger partial charge in [-0.1, -0.05) is 11.2 Å². The second-order valence-corrected chi connectivity index (χ2v) is 4.37. The van der Waals surface area contributed by atoms with Crippen LogP contribution in [0.1, 0.15) is 12.8 Å². The molecule has 0 rings (SSSR count). The van der Waals surface area contributed by atoms with Gasteiger partial charge in [-0.2, -0.15) is 0 Å². The van der Waals surface area contributed by atoms with E-state index in [1.807, 2.05) is 0 Å². The largest absolute Gasteiger partial charge is 0.616 e. The first-order valence-corrected chi connectivity index (χ1v) is 5.47. The fourth-order valence-corrected chi connectivity index (χ4v) is 1.92. The summed E-state index contributed by atoms with van der Waals surface area (Å²) in [6.45, 7) is 0. The third-order valence-electron chi connectivity index (χ3n) is 1.45. The monoisotopic (exact) mass is 223 g/mol. The Balaban J connectivity index is 3.59. The van der Waals surface area contributed by atoms with Crippen LogP contribution in [0.5, 0.6) is 0 Å². The summed E-state index contributed by atoms with van der Waals surface area (Å²) in [4.78, 5) is 20.4. The van der Waals surface area contributed by atoms with Gasteiger partial charge in [0, 0.05) is 12.8 Å². The number of nitrogens with two attached hydrogens (primary N) is 1. The maximum Gasteiger partial charge on any atom is 0.325 e. The Labute approximate surface area is 84.3 Å². The Kier molecular flexibility index (Phi) is 6.26. The van der Waals surface area contributed by atoms with E-state index in [1.54, 1.807) is 0 Å². The van der Waals surface area contributed by atoms with Gasteiger partial charge in [0.05, 0.1) is 0 Å². The summed E-state index contributed by atoms with van der Waals surface area (Å²) in [6.07, 6.45) is 0.211. The van der Waals surface area contributed by atoms with Crippen LogP contribution in [0.2, 0.25) is 0 Å². The average Bonchev–Trinajstić information content (AvgIpc) is 2.02. The third kappa shape index (κ3) is 6.70. The van der Waals surface area contributed by atoms with Crippen molar-refractivity contribution in [1.82, 2.24) is 0 Å². The van der Waals surface area contributed by atoms with Gasteiger partial charge in [-0.05, 0) is 0 Å². The molecule has 6 nitrogen and oxygen atoms in total. The molecule has 0 fully saturated rings. The molecule has 0 aliphatic rings. The first-order chi connectivity index (χ1) is 6.43. The SMILES string of the molecule is NC(C[S+]([O-])CCCC(=O)O)C(=O)O. The van der Waals surface area contributed by atoms with Crippen molar-refractivity contribution in [3.8, 4) is 0 Å². The van der Waals surface area contributed by atoms with E-state index in [2.05, 4.69) is 0 Å². The van der Waals surface area contributed by atoms with E-state index in [9.17, 15) is 14.1 Å². The molecule has 0 aromatic heterocycles. The molecule has 14 heavy (non-hydrogen) atoms.